The Morgan fingerprint density at radius 2 is 2.05 bits per heavy atom. The van der Waals surface area contributed by atoms with Crippen molar-refractivity contribution in [3.8, 4) is 0 Å². The maximum absolute atomic E-state index is 13.9. The molecule has 1 unspecified atom stereocenters. The number of carbonyl (C=O) groups is 3. The number of aliphatic imine (C=N–C) groups is 1. The number of rotatable bonds is 7. The number of amidine groups is 1. The van der Waals surface area contributed by atoms with Gasteiger partial charge in [0.05, 0.1) is 24.3 Å². The zero-order valence-electron chi connectivity index (χ0n) is 22.9. The van der Waals surface area contributed by atoms with Crippen LogP contribution in [0.5, 0.6) is 0 Å². The van der Waals surface area contributed by atoms with E-state index in [9.17, 15) is 23.9 Å². The number of nitrogens with zero attached hydrogens (tertiary/aromatic N) is 5. The molecule has 3 aliphatic rings. The molecular weight excluding hydrogens is 599 g/mol. The minimum absolute atomic E-state index is 0.107. The van der Waals surface area contributed by atoms with Crippen LogP contribution in [0.15, 0.2) is 70.3 Å². The van der Waals surface area contributed by atoms with E-state index in [2.05, 4.69) is 15.2 Å². The predicted molar refractivity (Wildman–Crippen MR) is 158 cm³/mol. The lowest BCUT2D eigenvalue weighted by Gasteiger charge is -2.38. The van der Waals surface area contributed by atoms with Crippen LogP contribution in [0, 0.1) is 5.82 Å². The molecule has 0 bridgehead atoms. The molecule has 6 rings (SSSR count). The van der Waals surface area contributed by atoms with Gasteiger partial charge < -0.3 is 20.1 Å². The van der Waals surface area contributed by atoms with Crippen LogP contribution >= 0.6 is 22.9 Å². The minimum atomic E-state index is -1.06. The van der Waals surface area contributed by atoms with Gasteiger partial charge in [-0.3, -0.25) is 14.8 Å². The number of halogens is 2. The fourth-order valence-electron chi connectivity index (χ4n) is 5.63. The van der Waals surface area contributed by atoms with Crippen LogP contribution in [0.3, 0.4) is 0 Å². The quantitative estimate of drug-likeness (QED) is 0.380. The molecule has 1 aromatic heterocycles. The van der Waals surface area contributed by atoms with Gasteiger partial charge in [0, 0.05) is 66.3 Å². The molecule has 0 aliphatic carbocycles. The molecule has 0 saturated carbocycles. The molecule has 0 radical (unpaired) electrons. The van der Waals surface area contributed by atoms with E-state index in [1.54, 1.807) is 28.1 Å². The first-order valence-electron chi connectivity index (χ1n) is 13.4. The van der Waals surface area contributed by atoms with Gasteiger partial charge in [0.1, 0.15) is 11.9 Å². The number of thiazole rings is 1. The topological polar surface area (TPSA) is 128 Å². The summed E-state index contributed by atoms with van der Waals surface area (Å²) in [5, 5.41) is 15.2. The number of hydrogen-bond acceptors (Lipinski definition) is 9. The third kappa shape index (κ3) is 5.58. The SMILES string of the molecule is COC(=O)C1=C(CN2CCN3C(=O)N(c4cccc(C(=O)O)c4)CC3C2)NC(c2nccs2)=N[C@H]1c1ccc(F)cc1Cl. The number of carboxylic acids is 1. The zero-order valence-corrected chi connectivity index (χ0v) is 24.4. The highest BCUT2D eigenvalue weighted by atomic mass is 35.5. The molecular formula is C29H26ClFN6O5S. The number of hydrogen-bond donors (Lipinski definition) is 2. The third-order valence-corrected chi connectivity index (χ3v) is 8.75. The average molecular weight is 625 g/mol. The normalized spacial score (nSPS) is 20.5. The summed E-state index contributed by atoms with van der Waals surface area (Å²) >= 11 is 7.83. The van der Waals surface area contributed by atoms with Crippen LogP contribution in [-0.4, -0.2) is 89.6 Å². The Bertz CT molecular complexity index is 1660. The molecule has 222 valence electrons. The van der Waals surface area contributed by atoms with Crippen molar-refractivity contribution in [1.29, 1.82) is 0 Å². The molecule has 4 heterocycles. The maximum atomic E-state index is 13.9. The Balaban J connectivity index is 1.29. The number of nitrogens with one attached hydrogen (secondary N) is 1. The van der Waals surface area contributed by atoms with Crippen LogP contribution in [-0.2, 0) is 9.53 Å². The van der Waals surface area contributed by atoms with Crippen LogP contribution in [0.25, 0.3) is 0 Å². The van der Waals surface area contributed by atoms with Gasteiger partial charge in [0.25, 0.3) is 0 Å². The second-order valence-electron chi connectivity index (χ2n) is 10.2. The fraction of sp³-hybridized carbons (Fsp3) is 0.276. The van der Waals surface area contributed by atoms with Crippen molar-refractivity contribution >= 4 is 52.4 Å². The van der Waals surface area contributed by atoms with E-state index in [0.717, 1.165) is 0 Å². The summed E-state index contributed by atoms with van der Waals surface area (Å²) in [7, 11) is 1.28. The number of aromatic carboxylic acids is 1. The monoisotopic (exact) mass is 624 g/mol. The van der Waals surface area contributed by atoms with Crippen molar-refractivity contribution in [3.63, 3.8) is 0 Å². The highest BCUT2D eigenvalue weighted by Gasteiger charge is 2.42. The summed E-state index contributed by atoms with van der Waals surface area (Å²) in [5.41, 5.74) is 1.87. The number of urea groups is 1. The summed E-state index contributed by atoms with van der Waals surface area (Å²) in [4.78, 5) is 52.6. The standard InChI is InChI=1S/C29H26ClFN6O5S/c1-42-28(40)23-22(33-25(26-32-7-10-43-26)34-24(23)20-6-5-17(31)12-21(20)30)15-35-8-9-36-19(13-35)14-37(29(36)41)18-4-2-3-16(11-18)27(38)39/h2-7,10-12,19,24H,8-9,13-15H2,1H3,(H,33,34)(H,38,39)/t19?,24-/m0/s1. The van der Waals surface area contributed by atoms with Gasteiger partial charge in [0.15, 0.2) is 10.8 Å². The summed E-state index contributed by atoms with van der Waals surface area (Å²) in [6, 6.07) is 9.07. The first kappa shape index (κ1) is 28.8. The Morgan fingerprint density at radius 3 is 2.77 bits per heavy atom. The zero-order chi connectivity index (χ0) is 30.2. The van der Waals surface area contributed by atoms with E-state index < -0.39 is 23.8 Å². The van der Waals surface area contributed by atoms with Gasteiger partial charge in [-0.2, -0.15) is 0 Å². The number of methoxy groups -OCH3 is 1. The highest BCUT2D eigenvalue weighted by molar-refractivity contribution is 7.11. The average Bonchev–Trinajstić information content (AvgIpc) is 3.65. The molecule has 2 atom stereocenters. The van der Waals surface area contributed by atoms with E-state index in [1.807, 2.05) is 5.38 Å². The largest absolute Gasteiger partial charge is 0.478 e. The van der Waals surface area contributed by atoms with E-state index in [1.165, 1.54) is 48.8 Å². The Hall–Kier alpha value is -4.33. The van der Waals surface area contributed by atoms with Gasteiger partial charge in [-0.05, 0) is 30.3 Å². The van der Waals surface area contributed by atoms with Crippen molar-refractivity contribution in [2.45, 2.75) is 12.1 Å². The van der Waals surface area contributed by atoms with Crippen LogP contribution in [0.1, 0.15) is 27.0 Å². The number of anilines is 1. The first-order chi connectivity index (χ1) is 20.7. The number of piperazine rings is 1. The number of aromatic nitrogens is 1. The Morgan fingerprint density at radius 1 is 1.21 bits per heavy atom. The van der Waals surface area contributed by atoms with E-state index in [-0.39, 0.29) is 28.2 Å². The molecule has 0 spiro atoms. The van der Waals surface area contributed by atoms with Crippen molar-refractivity contribution in [2.75, 3.05) is 44.7 Å². The number of ether oxygens (including phenoxy) is 1. The number of carbonyl (C=O) groups excluding carboxylic acids is 2. The number of amides is 2. The second kappa shape index (κ2) is 11.7. The van der Waals surface area contributed by atoms with E-state index >= 15 is 0 Å². The smallest absolute Gasteiger partial charge is 0.338 e. The first-order valence-corrected chi connectivity index (χ1v) is 14.6. The number of esters is 1. The lowest BCUT2D eigenvalue weighted by atomic mass is 9.95. The van der Waals surface area contributed by atoms with Gasteiger partial charge in [0.2, 0.25) is 0 Å². The number of carboxylic acid groups (broad SMARTS) is 1. The Kier molecular flexibility index (Phi) is 7.86. The molecule has 2 saturated heterocycles. The van der Waals surface area contributed by atoms with Gasteiger partial charge in [-0.1, -0.05) is 23.7 Å². The molecule has 2 aromatic carbocycles. The lowest BCUT2D eigenvalue weighted by molar-refractivity contribution is -0.136. The predicted octanol–water partition coefficient (Wildman–Crippen LogP) is 3.78. The fourth-order valence-corrected chi connectivity index (χ4v) is 6.49. The molecule has 3 aliphatic heterocycles. The van der Waals surface area contributed by atoms with Crippen molar-refractivity contribution < 1.29 is 28.6 Å². The molecule has 11 nitrogen and oxygen atoms in total. The highest BCUT2D eigenvalue weighted by Crippen LogP contribution is 2.37. The van der Waals surface area contributed by atoms with Gasteiger partial charge >= 0.3 is 18.0 Å². The van der Waals surface area contributed by atoms with Crippen LogP contribution in [0.4, 0.5) is 14.9 Å². The molecule has 2 amide bonds. The summed E-state index contributed by atoms with van der Waals surface area (Å²) < 4.78 is 19.1. The van der Waals surface area contributed by atoms with E-state index in [0.29, 0.717) is 60.5 Å². The van der Waals surface area contributed by atoms with Gasteiger partial charge in [-0.15, -0.1) is 11.3 Å². The summed E-state index contributed by atoms with van der Waals surface area (Å²) in [5.74, 6) is -1.73. The second-order valence-corrected chi connectivity index (χ2v) is 11.5. The molecule has 2 fully saturated rings. The molecule has 3 aromatic rings. The lowest BCUT2D eigenvalue weighted by Crippen LogP contribution is -2.53. The molecule has 2 N–H and O–H groups in total. The van der Waals surface area contributed by atoms with Crippen LogP contribution in [0.2, 0.25) is 5.02 Å². The van der Waals surface area contributed by atoms with E-state index in [4.69, 9.17) is 21.3 Å². The Labute approximate surface area is 254 Å². The van der Waals surface area contributed by atoms with Crippen LogP contribution < -0.4 is 10.2 Å². The minimum Gasteiger partial charge on any atom is -0.478 e. The maximum Gasteiger partial charge on any atom is 0.338 e. The van der Waals surface area contributed by atoms with Crippen molar-refractivity contribution in [3.05, 3.63) is 92.3 Å². The summed E-state index contributed by atoms with van der Waals surface area (Å²) in [6.45, 7) is 2.16. The van der Waals surface area contributed by atoms with Gasteiger partial charge in [-0.25, -0.2) is 23.8 Å². The third-order valence-electron chi connectivity index (χ3n) is 7.65. The summed E-state index contributed by atoms with van der Waals surface area (Å²) in [6.07, 6.45) is 1.65. The molecule has 43 heavy (non-hydrogen) atoms. The number of fused-ring (bicyclic) bond motifs is 1. The van der Waals surface area contributed by atoms with Crippen molar-refractivity contribution in [2.24, 2.45) is 4.99 Å². The molecule has 14 heteroatoms. The number of benzene rings is 2. The van der Waals surface area contributed by atoms with Crippen molar-refractivity contribution in [1.82, 2.24) is 20.1 Å².